The van der Waals surface area contributed by atoms with Crippen molar-refractivity contribution in [2.75, 3.05) is 11.9 Å². The van der Waals surface area contributed by atoms with Crippen molar-refractivity contribution in [1.29, 1.82) is 0 Å². The molecule has 2 N–H and O–H groups in total. The molecule has 1 atom stereocenters. The van der Waals surface area contributed by atoms with Gasteiger partial charge in [0.2, 0.25) is 0 Å². The van der Waals surface area contributed by atoms with Gasteiger partial charge in [-0.3, -0.25) is 0 Å². The van der Waals surface area contributed by atoms with Crippen LogP contribution in [-0.4, -0.2) is 21.6 Å². The lowest BCUT2D eigenvalue weighted by atomic mass is 10.1. The fourth-order valence-electron chi connectivity index (χ4n) is 1.90. The summed E-state index contributed by atoms with van der Waals surface area (Å²) in [5.74, 6) is 1.51. The molecule has 4 heteroatoms. The van der Waals surface area contributed by atoms with Crippen molar-refractivity contribution in [3.63, 3.8) is 0 Å². The molecule has 1 aromatic heterocycles. The number of hydrogen-bond acceptors (Lipinski definition) is 4. The second-order valence-corrected chi connectivity index (χ2v) is 4.45. The van der Waals surface area contributed by atoms with E-state index < -0.39 is 6.10 Å². The van der Waals surface area contributed by atoms with E-state index in [4.69, 9.17) is 0 Å². The largest absolute Gasteiger partial charge is 0.387 e. The van der Waals surface area contributed by atoms with Gasteiger partial charge in [-0.2, -0.15) is 0 Å². The van der Waals surface area contributed by atoms with Crippen LogP contribution in [0.2, 0.25) is 0 Å². The Morgan fingerprint density at radius 2 is 1.95 bits per heavy atom. The number of benzene rings is 1. The predicted octanol–water partition coefficient (Wildman–Crippen LogP) is 2.49. The van der Waals surface area contributed by atoms with Crippen LogP contribution in [0.3, 0.4) is 0 Å². The van der Waals surface area contributed by atoms with Crippen molar-refractivity contribution in [2.24, 2.45) is 0 Å². The van der Waals surface area contributed by atoms with Crippen molar-refractivity contribution < 1.29 is 5.11 Å². The van der Waals surface area contributed by atoms with E-state index in [1.807, 2.05) is 43.3 Å². The van der Waals surface area contributed by atoms with E-state index in [2.05, 4.69) is 22.2 Å². The van der Waals surface area contributed by atoms with Crippen LogP contribution in [0.15, 0.2) is 36.4 Å². The molecule has 4 nitrogen and oxygen atoms in total. The number of aliphatic hydroxyl groups excluding tert-OH is 1. The molecule has 2 aromatic rings. The summed E-state index contributed by atoms with van der Waals surface area (Å²) in [6.07, 6.45) is 0.334. The van der Waals surface area contributed by atoms with Crippen LogP contribution in [0.1, 0.15) is 30.1 Å². The number of hydrogen-bond donors (Lipinski definition) is 2. The third-order valence-corrected chi connectivity index (χ3v) is 2.91. The molecule has 2 rings (SSSR count). The quantitative estimate of drug-likeness (QED) is 0.864. The van der Waals surface area contributed by atoms with Crippen LogP contribution in [0.4, 0.5) is 5.82 Å². The van der Waals surface area contributed by atoms with Crippen molar-refractivity contribution >= 4 is 5.82 Å². The van der Waals surface area contributed by atoms with Crippen LogP contribution >= 0.6 is 0 Å². The SMILES string of the molecule is CCc1cc(NCC(O)c2ccccc2)nc(C)n1. The van der Waals surface area contributed by atoms with Crippen molar-refractivity contribution in [2.45, 2.75) is 26.4 Å². The maximum absolute atomic E-state index is 10.1. The fraction of sp³-hybridized carbons (Fsp3) is 0.333. The Labute approximate surface area is 113 Å². The van der Waals surface area contributed by atoms with Gasteiger partial charge in [0.05, 0.1) is 6.10 Å². The second-order valence-electron chi connectivity index (χ2n) is 4.45. The lowest BCUT2D eigenvalue weighted by molar-refractivity contribution is 0.191. The zero-order valence-electron chi connectivity index (χ0n) is 11.3. The lowest BCUT2D eigenvalue weighted by Gasteiger charge is -2.13. The number of anilines is 1. The number of aryl methyl sites for hydroxylation is 2. The fourth-order valence-corrected chi connectivity index (χ4v) is 1.90. The van der Waals surface area contributed by atoms with Crippen molar-refractivity contribution in [3.8, 4) is 0 Å². The standard InChI is InChI=1S/C15H19N3O/c1-3-13-9-15(18-11(2)17-13)16-10-14(19)12-7-5-4-6-8-12/h4-9,14,19H,3,10H2,1-2H3,(H,16,17,18). The van der Waals surface area contributed by atoms with Crippen LogP contribution in [0.25, 0.3) is 0 Å². The van der Waals surface area contributed by atoms with E-state index in [9.17, 15) is 5.11 Å². The normalized spacial score (nSPS) is 12.2. The molecule has 1 unspecified atom stereocenters. The van der Waals surface area contributed by atoms with Gasteiger partial charge in [0, 0.05) is 18.3 Å². The molecule has 0 aliphatic heterocycles. The van der Waals surface area contributed by atoms with Gasteiger partial charge in [-0.1, -0.05) is 37.3 Å². The van der Waals surface area contributed by atoms with Crippen LogP contribution < -0.4 is 5.32 Å². The number of rotatable bonds is 5. The number of nitrogens with zero attached hydrogens (tertiary/aromatic N) is 2. The van der Waals surface area contributed by atoms with E-state index in [0.717, 1.165) is 29.3 Å². The summed E-state index contributed by atoms with van der Waals surface area (Å²) in [7, 11) is 0. The predicted molar refractivity (Wildman–Crippen MR) is 76.0 cm³/mol. The molecule has 0 bridgehead atoms. The highest BCUT2D eigenvalue weighted by molar-refractivity contribution is 5.36. The molecule has 0 amide bonds. The summed E-state index contributed by atoms with van der Waals surface area (Å²) in [6.45, 7) is 4.37. The zero-order valence-corrected chi connectivity index (χ0v) is 11.3. The smallest absolute Gasteiger partial charge is 0.130 e. The van der Waals surface area contributed by atoms with Gasteiger partial charge >= 0.3 is 0 Å². The molecular weight excluding hydrogens is 238 g/mol. The molecule has 0 radical (unpaired) electrons. The van der Waals surface area contributed by atoms with Gasteiger partial charge in [0.15, 0.2) is 0 Å². The molecular formula is C15H19N3O. The average molecular weight is 257 g/mol. The summed E-state index contributed by atoms with van der Waals surface area (Å²) in [6, 6.07) is 11.5. The Balaban J connectivity index is 2.01. The monoisotopic (exact) mass is 257 g/mol. The van der Waals surface area contributed by atoms with Gasteiger partial charge in [0.25, 0.3) is 0 Å². The highest BCUT2D eigenvalue weighted by atomic mass is 16.3. The third kappa shape index (κ3) is 3.76. The molecule has 0 aliphatic carbocycles. The maximum Gasteiger partial charge on any atom is 0.130 e. The molecule has 0 saturated carbocycles. The van der Waals surface area contributed by atoms with E-state index in [0.29, 0.717) is 6.54 Å². The van der Waals surface area contributed by atoms with Crippen LogP contribution in [0.5, 0.6) is 0 Å². The van der Waals surface area contributed by atoms with Gasteiger partial charge in [-0.25, -0.2) is 9.97 Å². The third-order valence-electron chi connectivity index (χ3n) is 2.91. The number of nitrogens with one attached hydrogen (secondary N) is 1. The molecule has 19 heavy (non-hydrogen) atoms. The first kappa shape index (κ1) is 13.5. The summed E-state index contributed by atoms with van der Waals surface area (Å²) >= 11 is 0. The second kappa shape index (κ2) is 6.29. The molecule has 100 valence electrons. The lowest BCUT2D eigenvalue weighted by Crippen LogP contribution is -2.13. The van der Waals surface area contributed by atoms with Gasteiger partial charge < -0.3 is 10.4 Å². The highest BCUT2D eigenvalue weighted by Gasteiger charge is 2.07. The Bertz CT molecular complexity index is 528. The molecule has 1 heterocycles. The summed E-state index contributed by atoms with van der Waals surface area (Å²) < 4.78 is 0. The van der Waals surface area contributed by atoms with Crippen LogP contribution in [0, 0.1) is 6.92 Å². The first-order chi connectivity index (χ1) is 9.19. The Morgan fingerprint density at radius 3 is 2.63 bits per heavy atom. The first-order valence-corrected chi connectivity index (χ1v) is 6.50. The maximum atomic E-state index is 10.1. The van der Waals surface area contributed by atoms with E-state index in [1.54, 1.807) is 0 Å². The number of aliphatic hydroxyl groups is 1. The number of aromatic nitrogens is 2. The van der Waals surface area contributed by atoms with Crippen molar-refractivity contribution in [3.05, 3.63) is 53.5 Å². The zero-order chi connectivity index (χ0) is 13.7. The minimum Gasteiger partial charge on any atom is -0.387 e. The van der Waals surface area contributed by atoms with E-state index >= 15 is 0 Å². The van der Waals surface area contributed by atoms with E-state index in [-0.39, 0.29) is 0 Å². The van der Waals surface area contributed by atoms with Crippen LogP contribution in [-0.2, 0) is 6.42 Å². The molecule has 1 aromatic carbocycles. The van der Waals surface area contributed by atoms with E-state index in [1.165, 1.54) is 0 Å². The summed E-state index contributed by atoms with van der Waals surface area (Å²) in [5, 5.41) is 13.2. The molecule has 0 aliphatic rings. The molecule has 0 fully saturated rings. The highest BCUT2D eigenvalue weighted by Crippen LogP contribution is 2.14. The Kier molecular flexibility index (Phi) is 4.47. The molecule has 0 spiro atoms. The Hall–Kier alpha value is -1.94. The minimum atomic E-state index is -0.540. The van der Waals surface area contributed by atoms with Crippen molar-refractivity contribution in [1.82, 2.24) is 9.97 Å². The topological polar surface area (TPSA) is 58.0 Å². The average Bonchev–Trinajstić information content (AvgIpc) is 2.45. The van der Waals surface area contributed by atoms with Gasteiger partial charge in [0.1, 0.15) is 11.6 Å². The van der Waals surface area contributed by atoms with Gasteiger partial charge in [-0.15, -0.1) is 0 Å². The minimum absolute atomic E-state index is 0.434. The Morgan fingerprint density at radius 1 is 1.21 bits per heavy atom. The molecule has 0 saturated heterocycles. The summed E-state index contributed by atoms with van der Waals surface area (Å²) in [4.78, 5) is 8.64. The first-order valence-electron chi connectivity index (χ1n) is 6.50. The summed E-state index contributed by atoms with van der Waals surface area (Å²) in [5.41, 5.74) is 1.90. The van der Waals surface area contributed by atoms with Gasteiger partial charge in [-0.05, 0) is 18.9 Å².